The quantitative estimate of drug-likeness (QED) is 0.707. The van der Waals surface area contributed by atoms with Crippen LogP contribution in [0.4, 0.5) is 8.78 Å². The Kier molecular flexibility index (Phi) is 2.34. The van der Waals surface area contributed by atoms with Crippen LogP contribution in [0.2, 0.25) is 5.15 Å². The van der Waals surface area contributed by atoms with Crippen LogP contribution in [0.5, 0.6) is 0 Å². The Balaban J connectivity index is 2.88. The third-order valence-corrected chi connectivity index (χ3v) is 2.52. The summed E-state index contributed by atoms with van der Waals surface area (Å²) in [6, 6.07) is 1.18. The van der Waals surface area contributed by atoms with Gasteiger partial charge in [-0.1, -0.05) is 11.6 Å². The van der Waals surface area contributed by atoms with Crippen molar-refractivity contribution in [2.24, 2.45) is 7.05 Å². The summed E-state index contributed by atoms with van der Waals surface area (Å²) in [6.07, 6.45) is -2.57. The van der Waals surface area contributed by atoms with Gasteiger partial charge in [0.15, 0.2) is 5.65 Å². The van der Waals surface area contributed by atoms with Gasteiger partial charge >= 0.3 is 0 Å². The van der Waals surface area contributed by atoms with Crippen LogP contribution in [0.1, 0.15) is 17.7 Å². The molecule has 0 bridgehead atoms. The van der Waals surface area contributed by atoms with E-state index in [0.29, 0.717) is 11.1 Å². The summed E-state index contributed by atoms with van der Waals surface area (Å²) in [4.78, 5) is 3.90. The average molecular weight is 232 g/mol. The van der Waals surface area contributed by atoms with Crippen LogP contribution in [0.3, 0.4) is 0 Å². The maximum atomic E-state index is 12.7. The van der Waals surface area contributed by atoms with Gasteiger partial charge in [-0.15, -0.1) is 0 Å². The van der Waals surface area contributed by atoms with Crippen molar-refractivity contribution in [3.8, 4) is 0 Å². The first kappa shape index (κ1) is 10.3. The van der Waals surface area contributed by atoms with Crippen LogP contribution in [0.15, 0.2) is 6.07 Å². The highest BCUT2D eigenvalue weighted by atomic mass is 35.5. The van der Waals surface area contributed by atoms with Crippen molar-refractivity contribution in [2.75, 3.05) is 0 Å². The first-order valence-electron chi connectivity index (χ1n) is 4.28. The Bertz CT molecular complexity index is 522. The van der Waals surface area contributed by atoms with Crippen LogP contribution in [0.25, 0.3) is 11.0 Å². The van der Waals surface area contributed by atoms with Gasteiger partial charge in [-0.05, 0) is 13.0 Å². The lowest BCUT2D eigenvalue weighted by Crippen LogP contribution is -1.92. The molecule has 2 aromatic rings. The molecular formula is C9H8ClF2N3. The van der Waals surface area contributed by atoms with E-state index in [1.165, 1.54) is 10.7 Å². The fraction of sp³-hybridized carbons (Fsp3) is 0.333. The second-order valence-electron chi connectivity index (χ2n) is 3.24. The largest absolute Gasteiger partial charge is 0.270 e. The second kappa shape index (κ2) is 3.41. The van der Waals surface area contributed by atoms with Crippen LogP contribution >= 0.6 is 11.6 Å². The number of fused-ring (bicyclic) bond motifs is 1. The number of hydrogen-bond acceptors (Lipinski definition) is 2. The van der Waals surface area contributed by atoms with Gasteiger partial charge in [-0.25, -0.2) is 13.8 Å². The fourth-order valence-electron chi connectivity index (χ4n) is 1.51. The molecule has 0 aromatic carbocycles. The number of pyridine rings is 1. The van der Waals surface area contributed by atoms with Crippen molar-refractivity contribution in [1.82, 2.24) is 14.8 Å². The molecule has 0 aliphatic carbocycles. The van der Waals surface area contributed by atoms with E-state index in [-0.39, 0.29) is 16.4 Å². The number of hydrogen-bond donors (Lipinski definition) is 0. The Morgan fingerprint density at radius 2 is 2.13 bits per heavy atom. The Labute approximate surface area is 89.7 Å². The van der Waals surface area contributed by atoms with E-state index in [4.69, 9.17) is 11.6 Å². The lowest BCUT2D eigenvalue weighted by molar-refractivity contribution is 0.153. The van der Waals surface area contributed by atoms with Crippen molar-refractivity contribution >= 4 is 22.6 Å². The molecule has 0 atom stereocenters. The van der Waals surface area contributed by atoms with Crippen molar-refractivity contribution in [1.29, 1.82) is 0 Å². The highest BCUT2D eigenvalue weighted by Gasteiger charge is 2.18. The van der Waals surface area contributed by atoms with E-state index >= 15 is 0 Å². The molecule has 0 saturated carbocycles. The van der Waals surface area contributed by atoms with Gasteiger partial charge in [0.1, 0.15) is 5.15 Å². The summed E-state index contributed by atoms with van der Waals surface area (Å²) in [5.41, 5.74) is 0.804. The zero-order valence-electron chi connectivity index (χ0n) is 8.13. The summed E-state index contributed by atoms with van der Waals surface area (Å²) in [7, 11) is 1.68. The minimum absolute atomic E-state index is 0.0379. The Hall–Kier alpha value is -1.23. The fourth-order valence-corrected chi connectivity index (χ4v) is 1.71. The van der Waals surface area contributed by atoms with E-state index < -0.39 is 6.43 Å². The third kappa shape index (κ3) is 1.56. The molecule has 0 aliphatic rings. The first-order valence-corrected chi connectivity index (χ1v) is 4.66. The van der Waals surface area contributed by atoms with Crippen molar-refractivity contribution in [3.63, 3.8) is 0 Å². The van der Waals surface area contributed by atoms with Crippen molar-refractivity contribution < 1.29 is 8.78 Å². The topological polar surface area (TPSA) is 30.7 Å². The molecular weight excluding hydrogens is 224 g/mol. The number of alkyl halides is 2. The normalized spacial score (nSPS) is 11.6. The molecule has 0 N–H and O–H groups in total. The van der Waals surface area contributed by atoms with E-state index in [2.05, 4.69) is 10.1 Å². The SMILES string of the molecule is Cc1c2c(C(F)F)cc(Cl)nc2nn1C. The second-order valence-corrected chi connectivity index (χ2v) is 3.63. The standard InChI is InChI=1S/C9H8ClF2N3/c1-4-7-5(8(11)12)3-6(10)13-9(7)14-15(4)2/h3,8H,1-2H3. The monoisotopic (exact) mass is 231 g/mol. The van der Waals surface area contributed by atoms with E-state index in [9.17, 15) is 8.78 Å². The predicted octanol–water partition coefficient (Wildman–Crippen LogP) is 2.87. The summed E-state index contributed by atoms with van der Waals surface area (Å²) in [5, 5.41) is 4.43. The summed E-state index contributed by atoms with van der Waals surface area (Å²) >= 11 is 5.64. The summed E-state index contributed by atoms with van der Waals surface area (Å²) < 4.78 is 27.0. The molecule has 3 nitrogen and oxygen atoms in total. The number of rotatable bonds is 1. The molecule has 80 valence electrons. The van der Waals surface area contributed by atoms with Gasteiger partial charge in [-0.2, -0.15) is 5.10 Å². The van der Waals surface area contributed by atoms with Crippen molar-refractivity contribution in [3.05, 3.63) is 22.5 Å². The summed E-state index contributed by atoms with van der Waals surface area (Å²) in [5.74, 6) is 0. The minimum atomic E-state index is -2.57. The van der Waals surface area contributed by atoms with Crippen molar-refractivity contribution in [2.45, 2.75) is 13.3 Å². The molecule has 0 amide bonds. The van der Waals surface area contributed by atoms with E-state index in [0.717, 1.165) is 0 Å². The molecule has 6 heteroatoms. The molecule has 2 rings (SSSR count). The molecule has 2 heterocycles. The molecule has 0 spiro atoms. The Morgan fingerprint density at radius 1 is 1.47 bits per heavy atom. The average Bonchev–Trinajstić information content (AvgIpc) is 2.41. The maximum Gasteiger partial charge on any atom is 0.264 e. The van der Waals surface area contributed by atoms with E-state index in [1.54, 1.807) is 14.0 Å². The van der Waals surface area contributed by atoms with Gasteiger partial charge in [0.05, 0.1) is 5.39 Å². The lowest BCUT2D eigenvalue weighted by atomic mass is 10.1. The number of nitrogens with zero attached hydrogens (tertiary/aromatic N) is 3. The minimum Gasteiger partial charge on any atom is -0.270 e. The first-order chi connectivity index (χ1) is 7.00. The van der Waals surface area contributed by atoms with Gasteiger partial charge in [0.2, 0.25) is 0 Å². The van der Waals surface area contributed by atoms with Gasteiger partial charge in [0.25, 0.3) is 6.43 Å². The van der Waals surface area contributed by atoms with Crippen LogP contribution in [-0.2, 0) is 7.05 Å². The van der Waals surface area contributed by atoms with Gasteiger partial charge in [0, 0.05) is 18.3 Å². The van der Waals surface area contributed by atoms with E-state index in [1.807, 2.05) is 0 Å². The smallest absolute Gasteiger partial charge is 0.264 e. The molecule has 0 unspecified atom stereocenters. The highest BCUT2D eigenvalue weighted by Crippen LogP contribution is 2.30. The molecule has 0 radical (unpaired) electrons. The summed E-state index contributed by atoms with van der Waals surface area (Å²) in [6.45, 7) is 1.72. The molecule has 15 heavy (non-hydrogen) atoms. The maximum absolute atomic E-state index is 12.7. The molecule has 0 fully saturated rings. The van der Waals surface area contributed by atoms with Crippen LogP contribution < -0.4 is 0 Å². The zero-order chi connectivity index (χ0) is 11.2. The van der Waals surface area contributed by atoms with Crippen LogP contribution in [0, 0.1) is 6.92 Å². The molecule has 0 aliphatic heterocycles. The third-order valence-electron chi connectivity index (χ3n) is 2.33. The lowest BCUT2D eigenvalue weighted by Gasteiger charge is -2.02. The van der Waals surface area contributed by atoms with Crippen LogP contribution in [-0.4, -0.2) is 14.8 Å². The number of aryl methyl sites for hydroxylation is 2. The van der Waals surface area contributed by atoms with Gasteiger partial charge in [-0.3, -0.25) is 4.68 Å². The Morgan fingerprint density at radius 3 is 2.73 bits per heavy atom. The predicted molar refractivity (Wildman–Crippen MR) is 53.2 cm³/mol. The molecule has 2 aromatic heterocycles. The zero-order valence-corrected chi connectivity index (χ0v) is 8.89. The number of aromatic nitrogens is 3. The molecule has 0 saturated heterocycles. The highest BCUT2D eigenvalue weighted by molar-refractivity contribution is 6.29. The van der Waals surface area contributed by atoms with Gasteiger partial charge < -0.3 is 0 Å². The number of halogens is 3.